The fourth-order valence-corrected chi connectivity index (χ4v) is 2.62. The lowest BCUT2D eigenvalue weighted by molar-refractivity contribution is -0.137. The van der Waals surface area contributed by atoms with E-state index >= 15 is 0 Å². The molecule has 1 nitrogen and oxygen atoms in total. The van der Waals surface area contributed by atoms with Gasteiger partial charge in [-0.1, -0.05) is 44.0 Å². The zero-order valence-electron chi connectivity index (χ0n) is 11.0. The fourth-order valence-electron chi connectivity index (χ4n) is 1.76. The third-order valence-corrected chi connectivity index (χ3v) is 4.29. The molecule has 0 bridgehead atoms. The highest BCUT2D eigenvalue weighted by Gasteiger charge is 2.30. The molecule has 0 amide bonds. The van der Waals surface area contributed by atoms with E-state index in [9.17, 15) is 18.0 Å². The molecule has 0 N–H and O–H groups in total. The second-order valence-corrected chi connectivity index (χ2v) is 6.12. The molecule has 0 radical (unpaired) electrons. The number of halogens is 5. The van der Waals surface area contributed by atoms with Gasteiger partial charge in [-0.05, 0) is 48.0 Å². The molecule has 0 aromatic heterocycles. The molecule has 22 heavy (non-hydrogen) atoms. The Hall–Kier alpha value is -1.40. The van der Waals surface area contributed by atoms with E-state index in [2.05, 4.69) is 31.9 Å². The van der Waals surface area contributed by atoms with Gasteiger partial charge in [0.2, 0.25) is 0 Å². The molecule has 0 fully saturated rings. The number of rotatable bonds is 3. The Balaban J connectivity index is 2.30. The van der Waals surface area contributed by atoms with Gasteiger partial charge in [0.25, 0.3) is 0 Å². The average molecular weight is 434 g/mol. The monoisotopic (exact) mass is 432 g/mol. The first kappa shape index (κ1) is 17.0. The molecule has 0 unspecified atom stereocenters. The summed E-state index contributed by atoms with van der Waals surface area (Å²) in [4.78, 5) is 12.1. The lowest BCUT2D eigenvalue weighted by Gasteiger charge is -2.08. The lowest BCUT2D eigenvalue weighted by atomic mass is 10.1. The predicted octanol–water partition coefficient (Wildman–Crippen LogP) is 6.13. The second kappa shape index (κ2) is 6.79. The first-order valence-electron chi connectivity index (χ1n) is 6.13. The number of carbonyl (C=O) groups is 1. The summed E-state index contributed by atoms with van der Waals surface area (Å²) in [6.45, 7) is 0. The molecular weight excluding hydrogens is 425 g/mol. The molecule has 2 aromatic carbocycles. The van der Waals surface area contributed by atoms with Crippen LogP contribution in [0.4, 0.5) is 13.2 Å². The summed E-state index contributed by atoms with van der Waals surface area (Å²) in [6.07, 6.45) is -1.81. The highest BCUT2D eigenvalue weighted by molar-refractivity contribution is 9.10. The van der Waals surface area contributed by atoms with Crippen LogP contribution in [0.15, 0.2) is 57.5 Å². The van der Waals surface area contributed by atoms with Crippen LogP contribution < -0.4 is 0 Å². The number of alkyl halides is 3. The van der Waals surface area contributed by atoms with Crippen molar-refractivity contribution in [2.75, 3.05) is 0 Å². The van der Waals surface area contributed by atoms with Gasteiger partial charge in [-0.3, -0.25) is 4.79 Å². The minimum atomic E-state index is -4.42. The van der Waals surface area contributed by atoms with Crippen molar-refractivity contribution in [1.29, 1.82) is 0 Å². The highest BCUT2D eigenvalue weighted by atomic mass is 79.9. The van der Waals surface area contributed by atoms with Gasteiger partial charge in [0.1, 0.15) is 0 Å². The van der Waals surface area contributed by atoms with Crippen molar-refractivity contribution >= 4 is 43.7 Å². The van der Waals surface area contributed by atoms with Gasteiger partial charge < -0.3 is 0 Å². The molecule has 0 aliphatic heterocycles. The SMILES string of the molecule is O=C(/C=C/c1cc(C(F)(F)F)ccc1Br)c1ccccc1Br. The van der Waals surface area contributed by atoms with Gasteiger partial charge >= 0.3 is 6.18 Å². The largest absolute Gasteiger partial charge is 0.416 e. The molecular formula is C16H9Br2F3O. The smallest absolute Gasteiger partial charge is 0.289 e. The van der Waals surface area contributed by atoms with Gasteiger partial charge in [-0.2, -0.15) is 13.2 Å². The van der Waals surface area contributed by atoms with Crippen LogP contribution in [0.1, 0.15) is 21.5 Å². The minimum Gasteiger partial charge on any atom is -0.289 e. The summed E-state index contributed by atoms with van der Waals surface area (Å²) >= 11 is 6.44. The number of hydrogen-bond acceptors (Lipinski definition) is 1. The van der Waals surface area contributed by atoms with Gasteiger partial charge in [-0.15, -0.1) is 0 Å². The summed E-state index contributed by atoms with van der Waals surface area (Å²) < 4.78 is 39.2. The Morgan fingerprint density at radius 3 is 2.32 bits per heavy atom. The van der Waals surface area contributed by atoms with Crippen molar-refractivity contribution < 1.29 is 18.0 Å². The topological polar surface area (TPSA) is 17.1 Å². The molecule has 0 saturated carbocycles. The Morgan fingerprint density at radius 2 is 1.68 bits per heavy atom. The first-order valence-corrected chi connectivity index (χ1v) is 7.71. The second-order valence-electron chi connectivity index (χ2n) is 4.41. The van der Waals surface area contributed by atoms with Crippen molar-refractivity contribution in [1.82, 2.24) is 0 Å². The van der Waals surface area contributed by atoms with Crippen molar-refractivity contribution in [2.24, 2.45) is 0 Å². The average Bonchev–Trinajstić information content (AvgIpc) is 2.45. The first-order chi connectivity index (χ1) is 10.3. The zero-order chi connectivity index (χ0) is 16.3. The number of ketones is 1. The Morgan fingerprint density at radius 1 is 1.00 bits per heavy atom. The van der Waals surface area contributed by atoms with E-state index in [0.717, 1.165) is 12.1 Å². The van der Waals surface area contributed by atoms with E-state index in [1.54, 1.807) is 24.3 Å². The van der Waals surface area contributed by atoms with Crippen molar-refractivity contribution in [3.8, 4) is 0 Å². The number of allylic oxidation sites excluding steroid dienone is 1. The van der Waals surface area contributed by atoms with Crippen LogP contribution in [0.5, 0.6) is 0 Å². The predicted molar refractivity (Wildman–Crippen MR) is 86.7 cm³/mol. The molecule has 0 aliphatic rings. The van der Waals surface area contributed by atoms with Crippen molar-refractivity contribution in [3.63, 3.8) is 0 Å². The van der Waals surface area contributed by atoms with Crippen molar-refractivity contribution in [3.05, 3.63) is 74.2 Å². The maximum absolute atomic E-state index is 12.7. The van der Waals surface area contributed by atoms with Crippen LogP contribution in [0.25, 0.3) is 6.08 Å². The molecule has 114 valence electrons. The molecule has 2 rings (SSSR count). The summed E-state index contributed by atoms with van der Waals surface area (Å²) in [5.74, 6) is -0.295. The van der Waals surface area contributed by atoms with Crippen LogP contribution >= 0.6 is 31.9 Å². The number of carbonyl (C=O) groups excluding carboxylic acids is 1. The van der Waals surface area contributed by atoms with Crippen LogP contribution in [0, 0.1) is 0 Å². The molecule has 0 spiro atoms. The zero-order valence-corrected chi connectivity index (χ0v) is 14.2. The van der Waals surface area contributed by atoms with Crippen molar-refractivity contribution in [2.45, 2.75) is 6.18 Å². The summed E-state index contributed by atoms with van der Waals surface area (Å²) in [5.41, 5.74) is -0.0271. The standard InChI is InChI=1S/C16H9Br2F3O/c17-13-7-6-11(16(19,20)21)9-10(13)5-8-15(22)12-3-1-2-4-14(12)18/h1-9H/b8-5+. The molecule has 0 atom stereocenters. The van der Waals surface area contributed by atoms with E-state index in [4.69, 9.17) is 0 Å². The Kier molecular flexibility index (Phi) is 5.24. The van der Waals surface area contributed by atoms with Gasteiger partial charge in [-0.25, -0.2) is 0 Å². The molecule has 0 heterocycles. The highest BCUT2D eigenvalue weighted by Crippen LogP contribution is 2.32. The Bertz CT molecular complexity index is 736. The number of benzene rings is 2. The van der Waals surface area contributed by atoms with Gasteiger partial charge in [0.15, 0.2) is 5.78 Å². The summed E-state index contributed by atoms with van der Waals surface area (Å²) in [7, 11) is 0. The van der Waals surface area contributed by atoms with E-state index < -0.39 is 11.7 Å². The van der Waals surface area contributed by atoms with E-state index in [-0.39, 0.29) is 11.3 Å². The summed E-state index contributed by atoms with van der Waals surface area (Å²) in [5, 5.41) is 0. The number of hydrogen-bond donors (Lipinski definition) is 0. The lowest BCUT2D eigenvalue weighted by Crippen LogP contribution is -2.04. The Labute approximate surface area is 142 Å². The van der Waals surface area contributed by atoms with Crippen LogP contribution in [-0.4, -0.2) is 5.78 Å². The van der Waals surface area contributed by atoms with E-state index in [1.807, 2.05) is 0 Å². The van der Waals surface area contributed by atoms with E-state index in [0.29, 0.717) is 14.5 Å². The van der Waals surface area contributed by atoms with E-state index in [1.165, 1.54) is 18.2 Å². The quantitative estimate of drug-likeness (QED) is 0.420. The maximum Gasteiger partial charge on any atom is 0.416 e. The minimum absolute atomic E-state index is 0.287. The van der Waals surface area contributed by atoms with Gasteiger partial charge in [0.05, 0.1) is 5.56 Å². The van der Waals surface area contributed by atoms with Crippen LogP contribution in [0.3, 0.4) is 0 Å². The molecule has 0 aliphatic carbocycles. The molecule has 6 heteroatoms. The summed E-state index contributed by atoms with van der Waals surface area (Å²) in [6, 6.07) is 10.1. The third kappa shape index (κ3) is 4.08. The fraction of sp³-hybridized carbons (Fsp3) is 0.0625. The maximum atomic E-state index is 12.7. The molecule has 2 aromatic rings. The normalized spacial score (nSPS) is 11.9. The third-order valence-electron chi connectivity index (χ3n) is 2.88. The molecule has 0 saturated heterocycles. The van der Waals surface area contributed by atoms with Crippen LogP contribution in [0.2, 0.25) is 0 Å². The van der Waals surface area contributed by atoms with Crippen LogP contribution in [-0.2, 0) is 6.18 Å². The van der Waals surface area contributed by atoms with Gasteiger partial charge in [0, 0.05) is 14.5 Å².